The van der Waals surface area contributed by atoms with Gasteiger partial charge in [0.25, 0.3) is 0 Å². The van der Waals surface area contributed by atoms with E-state index in [0.29, 0.717) is 5.92 Å². The molecular weight excluding hydrogens is 86.1 g/mol. The summed E-state index contributed by atoms with van der Waals surface area (Å²) in [4.78, 5) is 3.55. The molecule has 1 heteroatoms. The summed E-state index contributed by atoms with van der Waals surface area (Å²) in [5.41, 5.74) is 0. The normalized spacial score (nSPS) is 10.7. The van der Waals surface area contributed by atoms with E-state index in [9.17, 15) is 0 Å². The van der Waals surface area contributed by atoms with E-state index in [-0.39, 0.29) is 0 Å². The molecule has 0 bridgehead atoms. The van der Waals surface area contributed by atoms with Crippen LogP contribution in [0.4, 0.5) is 0 Å². The fourth-order valence-corrected chi connectivity index (χ4v) is 0.233. The van der Waals surface area contributed by atoms with E-state index in [0.717, 1.165) is 0 Å². The van der Waals surface area contributed by atoms with Crippen molar-refractivity contribution in [1.82, 2.24) is 0 Å². The second kappa shape index (κ2) is 3.59. The summed E-state index contributed by atoms with van der Waals surface area (Å²) in [6.45, 7) is 7.49. The highest BCUT2D eigenvalue weighted by molar-refractivity contribution is 5.25. The van der Waals surface area contributed by atoms with Gasteiger partial charge in [-0.2, -0.15) is 0 Å². The van der Waals surface area contributed by atoms with Crippen molar-refractivity contribution in [3.8, 4) is 0 Å². The molecule has 0 atom stereocenters. The zero-order chi connectivity index (χ0) is 5.70. The lowest BCUT2D eigenvalue weighted by molar-refractivity contribution is 0.829. The number of nitrogens with zero attached hydrogens (tertiary/aromatic N) is 1. The van der Waals surface area contributed by atoms with E-state index in [2.05, 4.69) is 25.6 Å². The molecule has 0 unspecified atom stereocenters. The second-order valence-electron chi connectivity index (χ2n) is 1.77. The molecule has 0 aliphatic rings. The largest absolute Gasteiger partial charge is 0.273 e. The van der Waals surface area contributed by atoms with E-state index < -0.39 is 0 Å². The molecule has 7 heavy (non-hydrogen) atoms. The smallest absolute Gasteiger partial charge is 0.0223 e. The Morgan fingerprint density at radius 2 is 2.14 bits per heavy atom. The van der Waals surface area contributed by atoms with Crippen LogP contribution in [0.25, 0.3) is 0 Å². The fraction of sp³-hybridized carbons (Fsp3) is 0.500. The molecule has 40 valence electrons. The third kappa shape index (κ3) is 5.41. The Labute approximate surface area is 44.8 Å². The minimum atomic E-state index is 0.588. The Morgan fingerprint density at radius 3 is 2.29 bits per heavy atom. The zero-order valence-electron chi connectivity index (χ0n) is 4.89. The number of hydrogen-bond acceptors (Lipinski definition) is 1. The van der Waals surface area contributed by atoms with Gasteiger partial charge in [0, 0.05) is 6.20 Å². The first-order valence-corrected chi connectivity index (χ1v) is 2.40. The Kier molecular flexibility index (Phi) is 3.29. The Morgan fingerprint density at radius 1 is 1.57 bits per heavy atom. The average Bonchev–Trinajstić information content (AvgIpc) is 1.61. The van der Waals surface area contributed by atoms with Crippen LogP contribution >= 0.6 is 0 Å². The van der Waals surface area contributed by atoms with E-state index in [4.69, 9.17) is 0 Å². The second-order valence-corrected chi connectivity index (χ2v) is 1.77. The third-order valence-corrected chi connectivity index (χ3v) is 0.576. The lowest BCUT2D eigenvalue weighted by Gasteiger charge is -1.87. The monoisotopic (exact) mass is 97.1 g/mol. The van der Waals surface area contributed by atoms with Gasteiger partial charge in [0.1, 0.15) is 0 Å². The van der Waals surface area contributed by atoms with Gasteiger partial charge in [-0.25, -0.2) is 0 Å². The minimum absolute atomic E-state index is 0.588. The lowest BCUT2D eigenvalue weighted by atomic mass is 10.2. The highest BCUT2D eigenvalue weighted by atomic mass is 14.6. The highest BCUT2D eigenvalue weighted by Crippen LogP contribution is 1.91. The topological polar surface area (TPSA) is 12.4 Å². The number of rotatable bonds is 2. The first-order valence-electron chi connectivity index (χ1n) is 2.40. The van der Waals surface area contributed by atoms with Crippen molar-refractivity contribution < 1.29 is 0 Å². The molecule has 0 aromatic rings. The van der Waals surface area contributed by atoms with Gasteiger partial charge in [0.2, 0.25) is 0 Å². The summed E-state index contributed by atoms with van der Waals surface area (Å²) in [6.07, 6.45) is 3.71. The van der Waals surface area contributed by atoms with Crippen molar-refractivity contribution in [3.05, 3.63) is 12.3 Å². The van der Waals surface area contributed by atoms with Crippen LogP contribution in [0.15, 0.2) is 17.3 Å². The Hall–Kier alpha value is -0.590. The van der Waals surface area contributed by atoms with Gasteiger partial charge in [-0.15, -0.1) is 0 Å². The first kappa shape index (κ1) is 6.41. The molecule has 0 heterocycles. The molecule has 0 aromatic carbocycles. The summed E-state index contributed by atoms with van der Waals surface area (Å²) in [6, 6.07) is 0. The lowest BCUT2D eigenvalue weighted by Crippen LogP contribution is -1.73. The predicted octanol–water partition coefficient (Wildman–Crippen LogP) is 1.86. The van der Waals surface area contributed by atoms with Crippen LogP contribution in [0.2, 0.25) is 0 Å². The maximum atomic E-state index is 3.55. The zero-order valence-corrected chi connectivity index (χ0v) is 4.89. The fourth-order valence-electron chi connectivity index (χ4n) is 0.233. The summed E-state index contributed by atoms with van der Waals surface area (Å²) in [7, 11) is 0. The molecule has 0 aliphatic heterocycles. The third-order valence-electron chi connectivity index (χ3n) is 0.576. The molecule has 0 N–H and O–H groups in total. The average molecular weight is 97.2 g/mol. The van der Waals surface area contributed by atoms with Gasteiger partial charge in [0.05, 0.1) is 0 Å². The molecule has 0 aliphatic carbocycles. The summed E-state index contributed by atoms with van der Waals surface area (Å²) >= 11 is 0. The molecule has 0 rings (SSSR count). The van der Waals surface area contributed by atoms with Crippen LogP contribution in [0.5, 0.6) is 0 Å². The first-order chi connectivity index (χ1) is 3.27. The molecular formula is C6H11N. The van der Waals surface area contributed by atoms with Crippen molar-refractivity contribution in [3.63, 3.8) is 0 Å². The molecule has 0 spiro atoms. The van der Waals surface area contributed by atoms with Crippen molar-refractivity contribution in [2.45, 2.75) is 13.8 Å². The molecule has 0 fully saturated rings. The molecule has 0 aromatic heterocycles. The number of allylic oxidation sites excluding steroid dienone is 1. The van der Waals surface area contributed by atoms with Crippen LogP contribution < -0.4 is 0 Å². The van der Waals surface area contributed by atoms with Gasteiger partial charge in [-0.1, -0.05) is 19.9 Å². The van der Waals surface area contributed by atoms with Gasteiger partial charge in [-0.3, -0.25) is 4.99 Å². The van der Waals surface area contributed by atoms with Gasteiger partial charge in [0.15, 0.2) is 0 Å². The molecule has 1 nitrogen and oxygen atoms in total. The molecule has 0 saturated heterocycles. The van der Waals surface area contributed by atoms with Crippen LogP contribution in [-0.4, -0.2) is 6.72 Å². The van der Waals surface area contributed by atoms with E-state index in [1.54, 1.807) is 6.20 Å². The van der Waals surface area contributed by atoms with E-state index >= 15 is 0 Å². The number of aliphatic imine (C=N–C) groups is 1. The maximum Gasteiger partial charge on any atom is 0.0223 e. The van der Waals surface area contributed by atoms with Crippen LogP contribution in [0.1, 0.15) is 13.8 Å². The Bertz CT molecular complexity index is 72.2. The van der Waals surface area contributed by atoms with Gasteiger partial charge >= 0.3 is 0 Å². The highest BCUT2D eigenvalue weighted by Gasteiger charge is 1.77. The quantitative estimate of drug-likeness (QED) is 0.466. The van der Waals surface area contributed by atoms with Gasteiger partial charge < -0.3 is 0 Å². The van der Waals surface area contributed by atoms with Crippen molar-refractivity contribution in [1.29, 1.82) is 0 Å². The SMILES string of the molecule is C=N/C=C/C(C)C. The summed E-state index contributed by atoms with van der Waals surface area (Å²) in [5.74, 6) is 0.588. The minimum Gasteiger partial charge on any atom is -0.273 e. The van der Waals surface area contributed by atoms with E-state index in [1.807, 2.05) is 6.08 Å². The molecule has 0 saturated carbocycles. The van der Waals surface area contributed by atoms with Gasteiger partial charge in [-0.05, 0) is 12.6 Å². The predicted molar refractivity (Wildman–Crippen MR) is 33.5 cm³/mol. The molecule has 0 radical (unpaired) electrons. The summed E-state index contributed by atoms with van der Waals surface area (Å²) in [5, 5.41) is 0. The van der Waals surface area contributed by atoms with Crippen LogP contribution in [0.3, 0.4) is 0 Å². The Balaban J connectivity index is 3.25. The van der Waals surface area contributed by atoms with E-state index in [1.165, 1.54) is 0 Å². The standard InChI is InChI=1S/C6H11N/c1-6(2)4-5-7-3/h4-6H,3H2,1-2H3/b5-4+. The van der Waals surface area contributed by atoms with Crippen LogP contribution in [0, 0.1) is 5.92 Å². The van der Waals surface area contributed by atoms with Crippen molar-refractivity contribution in [2.24, 2.45) is 10.9 Å². The number of hydrogen-bond donors (Lipinski definition) is 0. The maximum absolute atomic E-state index is 3.55. The molecule has 0 amide bonds. The van der Waals surface area contributed by atoms with Crippen molar-refractivity contribution in [2.75, 3.05) is 0 Å². The van der Waals surface area contributed by atoms with Crippen molar-refractivity contribution >= 4 is 6.72 Å². The summed E-state index contributed by atoms with van der Waals surface area (Å²) < 4.78 is 0. The van der Waals surface area contributed by atoms with Crippen LogP contribution in [-0.2, 0) is 0 Å².